The molecule has 2 aliphatic rings. The number of esters is 1. The van der Waals surface area contributed by atoms with Crippen LogP contribution in [-0.2, 0) is 9.53 Å². The molecule has 0 aliphatic carbocycles. The maximum atomic E-state index is 10.6. The van der Waals surface area contributed by atoms with E-state index in [9.17, 15) is 9.59 Å². The van der Waals surface area contributed by atoms with Gasteiger partial charge in [-0.3, -0.25) is 4.79 Å². The minimum absolute atomic E-state index is 0.00491. The number of unbranched alkanes of at least 4 members (excludes halogenated alkanes) is 1. The summed E-state index contributed by atoms with van der Waals surface area (Å²) in [5, 5.41) is 5.69. The monoisotopic (exact) mass is 324 g/mol. The number of thioether (sulfide) groups is 1. The van der Waals surface area contributed by atoms with E-state index in [1.807, 2.05) is 32.5 Å². The van der Waals surface area contributed by atoms with E-state index in [2.05, 4.69) is 15.4 Å². The van der Waals surface area contributed by atoms with Gasteiger partial charge in [-0.25, -0.2) is 4.79 Å². The van der Waals surface area contributed by atoms with Crippen LogP contribution >= 0.6 is 23.4 Å². The highest BCUT2D eigenvalue weighted by Crippen LogP contribution is 2.20. The highest BCUT2D eigenvalue weighted by Gasteiger charge is 2.35. The molecule has 2 fully saturated rings. The lowest BCUT2D eigenvalue weighted by Gasteiger charge is -2.02. The van der Waals surface area contributed by atoms with E-state index < -0.39 is 0 Å². The number of urea groups is 1. The quantitative estimate of drug-likeness (QED) is 0.474. The first-order valence-electron chi connectivity index (χ1n) is 7.03. The van der Waals surface area contributed by atoms with Gasteiger partial charge in [-0.05, 0) is 6.42 Å². The average molecular weight is 325 g/mol. The van der Waals surface area contributed by atoms with Crippen LogP contribution < -0.4 is 10.6 Å². The Morgan fingerprint density at radius 1 is 1.35 bits per heavy atom. The zero-order valence-corrected chi connectivity index (χ0v) is 14.0. The van der Waals surface area contributed by atoms with E-state index in [0.29, 0.717) is 18.5 Å². The third kappa shape index (κ3) is 7.85. The van der Waals surface area contributed by atoms with Gasteiger partial charge in [-0.15, -0.1) is 0 Å². The average Bonchev–Trinajstić information content (AvgIpc) is 3.00. The molecular formula is C13H25ClN2O3S. The van der Waals surface area contributed by atoms with Crippen LogP contribution in [0, 0.1) is 0 Å². The van der Waals surface area contributed by atoms with Gasteiger partial charge in [0, 0.05) is 17.9 Å². The molecule has 2 aliphatic heterocycles. The van der Waals surface area contributed by atoms with Crippen molar-refractivity contribution in [3.8, 4) is 0 Å². The molecule has 2 atom stereocenters. The number of halogens is 1. The molecule has 0 spiro atoms. The Hall–Kier alpha value is -0.620. The maximum absolute atomic E-state index is 10.6. The number of hydrogen-bond acceptors (Lipinski definition) is 4. The minimum Gasteiger partial charge on any atom is -0.449 e. The lowest BCUT2D eigenvalue weighted by molar-refractivity contribution is -0.141. The van der Waals surface area contributed by atoms with E-state index >= 15 is 0 Å². The molecule has 20 heavy (non-hydrogen) atoms. The number of fused-ring (bicyclic) bond motifs is 1. The molecule has 118 valence electrons. The largest absolute Gasteiger partial charge is 0.449 e. The van der Waals surface area contributed by atoms with Gasteiger partial charge in [0.25, 0.3) is 0 Å². The van der Waals surface area contributed by atoms with Crippen LogP contribution in [0.25, 0.3) is 0 Å². The van der Waals surface area contributed by atoms with Crippen LogP contribution in [0.5, 0.6) is 0 Å². The molecule has 7 heteroatoms. The summed E-state index contributed by atoms with van der Waals surface area (Å²) in [5.74, 6) is 1.94. The van der Waals surface area contributed by atoms with Gasteiger partial charge in [0.05, 0.1) is 12.1 Å². The number of amides is 2. The summed E-state index contributed by atoms with van der Waals surface area (Å²) >= 11 is 7.02. The summed E-state index contributed by atoms with van der Waals surface area (Å²) in [6.07, 6.45) is 2.39. The van der Waals surface area contributed by atoms with E-state index in [1.165, 1.54) is 0 Å². The maximum Gasteiger partial charge on any atom is 0.315 e. The standard InChI is InChI=1S/C6H11ClO2.C5H8N2OS.C2H6/c1-2-3-4-6(8)9-5-7;8-5-6-3-1-9-2-4(3)7-5;1-2/h2-5H2,1H3;3-4H,1-2H2,(H2,6,7,8);1-2H3. The SMILES string of the molecule is CC.CCCCC(=O)OCCl.O=C1NC2CSCC2N1. The number of carbonyl (C=O) groups is 2. The smallest absolute Gasteiger partial charge is 0.315 e. The molecule has 2 N–H and O–H groups in total. The van der Waals surface area contributed by atoms with Crippen LogP contribution in [0.1, 0.15) is 40.0 Å². The first-order valence-corrected chi connectivity index (χ1v) is 8.72. The molecule has 0 aromatic heterocycles. The Kier molecular flexibility index (Phi) is 11.8. The van der Waals surface area contributed by atoms with Crippen molar-refractivity contribution in [2.24, 2.45) is 0 Å². The van der Waals surface area contributed by atoms with Crippen LogP contribution in [0.2, 0.25) is 0 Å². The van der Waals surface area contributed by atoms with Crippen molar-refractivity contribution in [1.29, 1.82) is 0 Å². The molecule has 2 heterocycles. The summed E-state index contributed by atoms with van der Waals surface area (Å²) in [5.41, 5.74) is 0. The van der Waals surface area contributed by atoms with Gasteiger partial charge in [0.2, 0.25) is 0 Å². The third-order valence-electron chi connectivity index (χ3n) is 2.66. The second-order valence-electron chi connectivity index (χ2n) is 4.10. The third-order valence-corrected chi connectivity index (χ3v) is 3.96. The summed E-state index contributed by atoms with van der Waals surface area (Å²) in [6, 6.07) is 0.790. The summed E-state index contributed by atoms with van der Waals surface area (Å²) < 4.78 is 4.47. The highest BCUT2D eigenvalue weighted by atomic mass is 35.5. The number of alkyl halides is 1. The van der Waals surface area contributed by atoms with E-state index in [1.54, 1.807) is 0 Å². The van der Waals surface area contributed by atoms with Crippen LogP contribution in [-0.4, -0.2) is 41.7 Å². The van der Waals surface area contributed by atoms with Gasteiger partial charge in [-0.1, -0.05) is 38.8 Å². The lowest BCUT2D eigenvalue weighted by Crippen LogP contribution is -2.31. The number of nitrogens with one attached hydrogen (secondary N) is 2. The number of ether oxygens (including phenoxy) is 1. The molecule has 0 radical (unpaired) electrons. The molecule has 0 aromatic carbocycles. The molecule has 0 aromatic rings. The van der Waals surface area contributed by atoms with Crippen LogP contribution in [0.4, 0.5) is 4.79 Å². The van der Waals surface area contributed by atoms with E-state index in [0.717, 1.165) is 24.3 Å². The number of carbonyl (C=O) groups excluding carboxylic acids is 2. The first-order chi connectivity index (χ1) is 9.67. The Morgan fingerprint density at radius 2 is 1.90 bits per heavy atom. The topological polar surface area (TPSA) is 67.4 Å². The second-order valence-corrected chi connectivity index (χ2v) is 5.39. The summed E-state index contributed by atoms with van der Waals surface area (Å²) in [7, 11) is 0. The Bertz CT molecular complexity index is 277. The fraction of sp³-hybridized carbons (Fsp3) is 0.846. The van der Waals surface area contributed by atoms with Crippen LogP contribution in [0.3, 0.4) is 0 Å². The molecule has 0 saturated carbocycles. The zero-order valence-electron chi connectivity index (χ0n) is 12.4. The minimum atomic E-state index is -0.202. The molecular weight excluding hydrogens is 300 g/mol. The summed E-state index contributed by atoms with van der Waals surface area (Å²) in [6.45, 7) is 6.02. The second kappa shape index (κ2) is 12.1. The summed E-state index contributed by atoms with van der Waals surface area (Å²) in [4.78, 5) is 21.1. The normalized spacial score (nSPS) is 22.3. The Balaban J connectivity index is 0.000000321. The van der Waals surface area contributed by atoms with E-state index in [4.69, 9.17) is 11.6 Å². The van der Waals surface area contributed by atoms with Gasteiger partial charge in [-0.2, -0.15) is 11.8 Å². The lowest BCUT2D eigenvalue weighted by atomic mass is 10.2. The van der Waals surface area contributed by atoms with Gasteiger partial charge >= 0.3 is 12.0 Å². The van der Waals surface area contributed by atoms with Gasteiger partial charge in [0.1, 0.15) is 0 Å². The molecule has 2 saturated heterocycles. The predicted molar refractivity (Wildman–Crippen MR) is 84.3 cm³/mol. The molecule has 2 rings (SSSR count). The first kappa shape index (κ1) is 19.4. The van der Waals surface area contributed by atoms with E-state index in [-0.39, 0.29) is 18.1 Å². The number of rotatable bonds is 4. The van der Waals surface area contributed by atoms with Crippen LogP contribution in [0.15, 0.2) is 0 Å². The molecule has 2 amide bonds. The van der Waals surface area contributed by atoms with Crippen molar-refractivity contribution < 1.29 is 14.3 Å². The Morgan fingerprint density at radius 3 is 2.35 bits per heavy atom. The van der Waals surface area contributed by atoms with Crippen molar-refractivity contribution in [2.75, 3.05) is 17.6 Å². The van der Waals surface area contributed by atoms with Crippen molar-refractivity contribution in [2.45, 2.75) is 52.1 Å². The fourth-order valence-corrected chi connectivity index (χ4v) is 3.07. The molecule has 0 bridgehead atoms. The Labute approximate surface area is 130 Å². The van der Waals surface area contributed by atoms with Gasteiger partial charge in [0.15, 0.2) is 6.07 Å². The molecule has 2 unspecified atom stereocenters. The molecule has 5 nitrogen and oxygen atoms in total. The van der Waals surface area contributed by atoms with Crippen molar-refractivity contribution in [3.05, 3.63) is 0 Å². The van der Waals surface area contributed by atoms with Crippen molar-refractivity contribution >= 4 is 35.4 Å². The fourth-order valence-electron chi connectivity index (χ4n) is 1.67. The predicted octanol–water partition coefficient (Wildman–Crippen LogP) is 2.73. The highest BCUT2D eigenvalue weighted by molar-refractivity contribution is 7.99. The number of hydrogen-bond donors (Lipinski definition) is 2. The van der Waals surface area contributed by atoms with Gasteiger partial charge < -0.3 is 15.4 Å². The van der Waals surface area contributed by atoms with Crippen molar-refractivity contribution in [1.82, 2.24) is 10.6 Å². The van der Waals surface area contributed by atoms with Crippen molar-refractivity contribution in [3.63, 3.8) is 0 Å². The zero-order chi connectivity index (χ0) is 15.4.